The number of carbonyl (C=O) groups excluding carboxylic acids is 3. The molecule has 0 aliphatic carbocycles. The number of rotatable bonds is 5. The quantitative estimate of drug-likeness (QED) is 0.479. The van der Waals surface area contributed by atoms with E-state index in [9.17, 15) is 32.8 Å². The van der Waals surface area contributed by atoms with Crippen molar-refractivity contribution in [3.8, 4) is 6.07 Å². The van der Waals surface area contributed by atoms with Crippen molar-refractivity contribution in [1.29, 1.82) is 5.26 Å². The number of nitriles is 1. The van der Waals surface area contributed by atoms with Crippen molar-refractivity contribution in [3.63, 3.8) is 0 Å². The van der Waals surface area contributed by atoms with Crippen LogP contribution in [-0.4, -0.2) is 24.8 Å². The first kappa shape index (κ1) is 20.6. The average Bonchev–Trinajstić information content (AvgIpc) is 2.67. The molecular formula is C19H13F3N2O4. The number of Topliss-reactive ketones (excluding diaryl/α,β-unsaturated/α-hetero) is 1. The molecule has 0 aliphatic rings. The lowest BCUT2D eigenvalue weighted by Crippen LogP contribution is -2.29. The Balaban J connectivity index is 2.24. The van der Waals surface area contributed by atoms with Gasteiger partial charge in [-0.1, -0.05) is 18.2 Å². The van der Waals surface area contributed by atoms with E-state index in [-0.39, 0.29) is 16.8 Å². The number of amides is 1. The number of ketones is 1. The van der Waals surface area contributed by atoms with Gasteiger partial charge in [-0.15, -0.1) is 0 Å². The maximum absolute atomic E-state index is 12.6. The van der Waals surface area contributed by atoms with Crippen LogP contribution < -0.4 is 5.32 Å². The lowest BCUT2D eigenvalue weighted by atomic mass is 9.94. The minimum atomic E-state index is -4.54. The second-order valence-electron chi connectivity index (χ2n) is 5.53. The Bertz CT molecular complexity index is 947. The summed E-state index contributed by atoms with van der Waals surface area (Å²) in [6.07, 6.45) is -4.54. The number of ether oxygens (including phenoxy) is 1. The molecule has 1 amide bonds. The topological polar surface area (TPSA) is 96.3 Å². The molecule has 2 aromatic carbocycles. The molecule has 6 nitrogen and oxygen atoms in total. The normalized spacial score (nSPS) is 11.8. The number of methoxy groups -OCH3 is 1. The fourth-order valence-electron chi connectivity index (χ4n) is 2.33. The highest BCUT2D eigenvalue weighted by Gasteiger charge is 2.32. The molecule has 0 aromatic heterocycles. The molecule has 1 atom stereocenters. The van der Waals surface area contributed by atoms with Gasteiger partial charge < -0.3 is 10.1 Å². The molecule has 2 rings (SSSR count). The number of esters is 1. The zero-order valence-corrected chi connectivity index (χ0v) is 14.4. The minimum Gasteiger partial charge on any atom is -0.465 e. The van der Waals surface area contributed by atoms with E-state index in [1.807, 2.05) is 0 Å². The average molecular weight is 390 g/mol. The van der Waals surface area contributed by atoms with E-state index in [4.69, 9.17) is 0 Å². The Hall–Kier alpha value is -3.67. The predicted molar refractivity (Wildman–Crippen MR) is 91.3 cm³/mol. The Morgan fingerprint density at radius 3 is 2.11 bits per heavy atom. The van der Waals surface area contributed by atoms with Gasteiger partial charge in [0.15, 0.2) is 11.7 Å². The van der Waals surface area contributed by atoms with Gasteiger partial charge in [-0.2, -0.15) is 18.4 Å². The van der Waals surface area contributed by atoms with E-state index in [1.54, 1.807) is 6.07 Å². The van der Waals surface area contributed by atoms with Crippen molar-refractivity contribution >= 4 is 23.3 Å². The van der Waals surface area contributed by atoms with E-state index in [0.717, 1.165) is 31.4 Å². The molecule has 0 spiro atoms. The zero-order valence-electron chi connectivity index (χ0n) is 14.4. The van der Waals surface area contributed by atoms with Gasteiger partial charge in [0.2, 0.25) is 5.91 Å². The van der Waals surface area contributed by atoms with Crippen LogP contribution in [0, 0.1) is 17.2 Å². The summed E-state index contributed by atoms with van der Waals surface area (Å²) in [5, 5.41) is 11.5. The lowest BCUT2D eigenvalue weighted by Gasteiger charge is -2.12. The van der Waals surface area contributed by atoms with E-state index < -0.39 is 35.3 Å². The summed E-state index contributed by atoms with van der Waals surface area (Å²) in [6, 6.07) is 10.6. The second kappa shape index (κ2) is 8.35. The van der Waals surface area contributed by atoms with Crippen LogP contribution in [0.25, 0.3) is 0 Å². The molecule has 144 valence electrons. The predicted octanol–water partition coefficient (Wildman–Crippen LogP) is 3.45. The van der Waals surface area contributed by atoms with E-state index in [0.29, 0.717) is 0 Å². The van der Waals surface area contributed by atoms with Crippen molar-refractivity contribution in [2.75, 3.05) is 12.4 Å². The van der Waals surface area contributed by atoms with Gasteiger partial charge in [0.25, 0.3) is 0 Å². The number of nitrogens with one attached hydrogen (secondary N) is 1. The molecule has 0 radical (unpaired) electrons. The third kappa shape index (κ3) is 4.54. The molecule has 9 heteroatoms. The molecule has 0 saturated heterocycles. The van der Waals surface area contributed by atoms with Crippen LogP contribution >= 0.6 is 0 Å². The van der Waals surface area contributed by atoms with Crippen LogP contribution in [0.15, 0.2) is 48.5 Å². The monoisotopic (exact) mass is 390 g/mol. The molecule has 1 N–H and O–H groups in total. The summed E-state index contributed by atoms with van der Waals surface area (Å²) in [6.45, 7) is 0. The summed E-state index contributed by atoms with van der Waals surface area (Å²) in [7, 11) is 1.11. The number of anilines is 1. The second-order valence-corrected chi connectivity index (χ2v) is 5.53. The van der Waals surface area contributed by atoms with Gasteiger partial charge in [0.1, 0.15) is 0 Å². The van der Waals surface area contributed by atoms with Crippen LogP contribution in [0.4, 0.5) is 18.9 Å². The SMILES string of the molecule is COC(=O)c1ccccc1C(=O)C(C#N)C(=O)Nc1ccc(C(F)(F)F)cc1. The molecule has 0 bridgehead atoms. The summed E-state index contributed by atoms with van der Waals surface area (Å²) < 4.78 is 42.3. The standard InChI is InChI=1S/C19H13F3N2O4/c1-28-18(27)14-5-3-2-4-13(14)16(25)15(10-23)17(26)24-12-8-6-11(7-9-12)19(20,21)22/h2-9,15H,1H3,(H,24,26). The number of alkyl halides is 3. The summed E-state index contributed by atoms with van der Waals surface area (Å²) in [5.74, 6) is -4.60. The number of halogens is 3. The van der Waals surface area contributed by atoms with E-state index in [1.165, 1.54) is 24.3 Å². The molecule has 2 aromatic rings. The summed E-state index contributed by atoms with van der Waals surface area (Å²) in [5.41, 5.74) is -1.22. The Kier molecular flexibility index (Phi) is 6.15. The van der Waals surface area contributed by atoms with Gasteiger partial charge in [-0.05, 0) is 30.3 Å². The fourth-order valence-corrected chi connectivity index (χ4v) is 2.33. The fraction of sp³-hybridized carbons (Fsp3) is 0.158. The highest BCUT2D eigenvalue weighted by molar-refractivity contribution is 6.18. The van der Waals surface area contributed by atoms with Gasteiger partial charge in [-0.25, -0.2) is 4.79 Å². The van der Waals surface area contributed by atoms with Crippen molar-refractivity contribution in [1.82, 2.24) is 0 Å². The van der Waals surface area contributed by atoms with Crippen LogP contribution in [0.5, 0.6) is 0 Å². The number of hydrogen-bond acceptors (Lipinski definition) is 5. The molecule has 0 saturated carbocycles. The Morgan fingerprint density at radius 1 is 1.04 bits per heavy atom. The summed E-state index contributed by atoms with van der Waals surface area (Å²) >= 11 is 0. The molecule has 0 heterocycles. The number of benzene rings is 2. The molecule has 1 unspecified atom stereocenters. The minimum absolute atomic E-state index is 0.0210. The van der Waals surface area contributed by atoms with E-state index >= 15 is 0 Å². The molecule has 28 heavy (non-hydrogen) atoms. The van der Waals surface area contributed by atoms with Gasteiger partial charge in [0, 0.05) is 11.3 Å². The van der Waals surface area contributed by atoms with Gasteiger partial charge in [0.05, 0.1) is 24.3 Å². The van der Waals surface area contributed by atoms with Gasteiger partial charge >= 0.3 is 12.1 Å². The Labute approximate surface area is 157 Å². The number of carbonyl (C=O) groups is 3. The first-order valence-electron chi connectivity index (χ1n) is 7.78. The zero-order chi connectivity index (χ0) is 20.9. The highest BCUT2D eigenvalue weighted by Crippen LogP contribution is 2.30. The molecular weight excluding hydrogens is 377 g/mol. The first-order chi connectivity index (χ1) is 13.2. The molecule has 0 aliphatic heterocycles. The van der Waals surface area contributed by atoms with Crippen LogP contribution in [-0.2, 0) is 15.7 Å². The van der Waals surface area contributed by atoms with Crippen molar-refractivity contribution in [2.24, 2.45) is 5.92 Å². The van der Waals surface area contributed by atoms with Crippen molar-refractivity contribution in [2.45, 2.75) is 6.18 Å². The smallest absolute Gasteiger partial charge is 0.416 e. The largest absolute Gasteiger partial charge is 0.465 e. The third-order valence-electron chi connectivity index (χ3n) is 3.73. The lowest BCUT2D eigenvalue weighted by molar-refractivity contribution is -0.137. The maximum Gasteiger partial charge on any atom is 0.416 e. The first-order valence-corrected chi connectivity index (χ1v) is 7.78. The Morgan fingerprint density at radius 2 is 1.61 bits per heavy atom. The third-order valence-corrected chi connectivity index (χ3v) is 3.73. The van der Waals surface area contributed by atoms with Crippen molar-refractivity contribution in [3.05, 3.63) is 65.2 Å². The maximum atomic E-state index is 12.6. The number of hydrogen-bond donors (Lipinski definition) is 1. The van der Waals surface area contributed by atoms with E-state index in [2.05, 4.69) is 10.1 Å². The van der Waals surface area contributed by atoms with Crippen LogP contribution in [0.1, 0.15) is 26.3 Å². The summed E-state index contributed by atoms with van der Waals surface area (Å²) in [4.78, 5) is 36.7. The van der Waals surface area contributed by atoms with Crippen LogP contribution in [0.3, 0.4) is 0 Å². The van der Waals surface area contributed by atoms with Crippen LogP contribution in [0.2, 0.25) is 0 Å². The van der Waals surface area contributed by atoms with Crippen molar-refractivity contribution < 1.29 is 32.3 Å². The number of nitrogens with zero attached hydrogens (tertiary/aromatic N) is 1. The van der Waals surface area contributed by atoms with Gasteiger partial charge in [-0.3, -0.25) is 9.59 Å². The molecule has 0 fully saturated rings. The highest BCUT2D eigenvalue weighted by atomic mass is 19.4.